The van der Waals surface area contributed by atoms with Gasteiger partial charge >= 0.3 is 0 Å². The molecule has 0 aliphatic heterocycles. The van der Waals surface area contributed by atoms with Crippen LogP contribution in [0.5, 0.6) is 0 Å². The minimum atomic E-state index is 0.514. The van der Waals surface area contributed by atoms with Gasteiger partial charge in [0.25, 0.3) is 0 Å². The summed E-state index contributed by atoms with van der Waals surface area (Å²) in [5.41, 5.74) is 1.86. The first kappa shape index (κ1) is 15.4. The Hall–Kier alpha value is -3.13. The molecule has 2 N–H and O–H groups in total. The number of nitrogens with one attached hydrogen (secondary N) is 2. The molecule has 0 atom stereocenters. The molecule has 0 aliphatic rings. The highest BCUT2D eigenvalue weighted by molar-refractivity contribution is 7.98. The molecule has 7 nitrogen and oxygen atoms in total. The van der Waals surface area contributed by atoms with Crippen molar-refractivity contribution < 1.29 is 4.52 Å². The fourth-order valence-electron chi connectivity index (χ4n) is 2.17. The summed E-state index contributed by atoms with van der Waals surface area (Å²) >= 11 is 1.45. The molecule has 8 heteroatoms. The van der Waals surface area contributed by atoms with E-state index in [1.165, 1.54) is 11.8 Å². The quantitative estimate of drug-likeness (QED) is 0.510. The van der Waals surface area contributed by atoms with Gasteiger partial charge in [-0.25, -0.2) is 0 Å². The molecule has 2 aromatic carbocycles. The number of aromatic nitrogens is 5. The van der Waals surface area contributed by atoms with Crippen molar-refractivity contribution in [2.45, 2.75) is 10.9 Å². The molecule has 0 fully saturated rings. The maximum atomic E-state index is 5.28. The van der Waals surface area contributed by atoms with Crippen LogP contribution in [0.4, 0.5) is 11.6 Å². The molecule has 0 saturated carbocycles. The van der Waals surface area contributed by atoms with Crippen LogP contribution in [0.1, 0.15) is 5.89 Å². The number of nitrogens with zero attached hydrogens (tertiary/aromatic N) is 4. The summed E-state index contributed by atoms with van der Waals surface area (Å²) in [6, 6.07) is 19.5. The average Bonchev–Trinajstić information content (AvgIpc) is 3.31. The monoisotopic (exact) mass is 350 g/mol. The standard InChI is InChI=1S/C17H14N6OS/c1-3-7-12(8-4-1)15-19-14(24-23-15)11-25-17-20-16(21-22-17)18-13-9-5-2-6-10-13/h1-10H,11H2,(H2,18,20,21,22). The number of para-hydroxylation sites is 1. The van der Waals surface area contributed by atoms with E-state index in [-0.39, 0.29) is 0 Å². The van der Waals surface area contributed by atoms with Gasteiger partial charge in [-0.15, -0.1) is 5.10 Å². The molecule has 2 aromatic heterocycles. The van der Waals surface area contributed by atoms with Crippen LogP contribution < -0.4 is 5.32 Å². The van der Waals surface area contributed by atoms with Gasteiger partial charge in [-0.2, -0.15) is 9.97 Å². The van der Waals surface area contributed by atoms with Gasteiger partial charge in [0.15, 0.2) is 5.16 Å². The number of rotatable bonds is 6. The highest BCUT2D eigenvalue weighted by Crippen LogP contribution is 2.22. The number of thioether (sulfide) groups is 1. The van der Waals surface area contributed by atoms with Crippen LogP contribution in [-0.2, 0) is 5.75 Å². The lowest BCUT2D eigenvalue weighted by Crippen LogP contribution is -1.91. The highest BCUT2D eigenvalue weighted by Gasteiger charge is 2.10. The maximum Gasteiger partial charge on any atom is 0.247 e. The fourth-order valence-corrected chi connectivity index (χ4v) is 2.80. The second-order valence-corrected chi connectivity index (χ2v) is 6.09. The predicted octanol–water partition coefficient (Wildman–Crippen LogP) is 3.89. The molecule has 124 valence electrons. The van der Waals surface area contributed by atoms with E-state index in [9.17, 15) is 0 Å². The van der Waals surface area contributed by atoms with Crippen LogP contribution in [0.25, 0.3) is 11.4 Å². The zero-order chi connectivity index (χ0) is 16.9. The van der Waals surface area contributed by atoms with Crippen LogP contribution >= 0.6 is 11.8 Å². The van der Waals surface area contributed by atoms with E-state index in [2.05, 4.69) is 30.6 Å². The molecule has 25 heavy (non-hydrogen) atoms. The Morgan fingerprint density at radius 2 is 1.72 bits per heavy atom. The normalized spacial score (nSPS) is 10.7. The minimum Gasteiger partial charge on any atom is -0.338 e. The molecule has 4 rings (SSSR count). The number of aromatic amines is 1. The number of anilines is 2. The number of hydrogen-bond donors (Lipinski definition) is 2. The van der Waals surface area contributed by atoms with Gasteiger partial charge in [0.1, 0.15) is 0 Å². The Balaban J connectivity index is 1.37. The number of hydrogen-bond acceptors (Lipinski definition) is 7. The minimum absolute atomic E-state index is 0.514. The summed E-state index contributed by atoms with van der Waals surface area (Å²) in [6.07, 6.45) is 0. The van der Waals surface area contributed by atoms with E-state index in [1.54, 1.807) is 0 Å². The van der Waals surface area contributed by atoms with Crippen LogP contribution in [0.2, 0.25) is 0 Å². The second-order valence-electron chi connectivity index (χ2n) is 5.12. The molecule has 0 amide bonds. The van der Waals surface area contributed by atoms with Gasteiger partial charge in [-0.05, 0) is 12.1 Å². The lowest BCUT2D eigenvalue weighted by atomic mass is 10.2. The Labute approximate surface area is 147 Å². The average molecular weight is 350 g/mol. The maximum absolute atomic E-state index is 5.28. The van der Waals surface area contributed by atoms with Crippen LogP contribution in [0.15, 0.2) is 70.3 Å². The lowest BCUT2D eigenvalue weighted by molar-refractivity contribution is 0.391. The fraction of sp³-hybridized carbons (Fsp3) is 0.0588. The topological polar surface area (TPSA) is 92.5 Å². The SMILES string of the molecule is c1ccc(Nc2n[nH]c(SCc3nc(-c4ccccc4)no3)n2)cc1. The van der Waals surface area contributed by atoms with Crippen molar-refractivity contribution in [3.63, 3.8) is 0 Å². The van der Waals surface area contributed by atoms with Gasteiger partial charge < -0.3 is 9.84 Å². The summed E-state index contributed by atoms with van der Waals surface area (Å²) in [5, 5.41) is 14.8. The van der Waals surface area contributed by atoms with Crippen molar-refractivity contribution in [1.82, 2.24) is 25.3 Å². The van der Waals surface area contributed by atoms with E-state index < -0.39 is 0 Å². The highest BCUT2D eigenvalue weighted by atomic mass is 32.2. The largest absolute Gasteiger partial charge is 0.338 e. The third-order valence-corrected chi connectivity index (χ3v) is 4.17. The summed E-state index contributed by atoms with van der Waals surface area (Å²) in [7, 11) is 0. The van der Waals surface area contributed by atoms with Crippen LogP contribution in [0, 0.1) is 0 Å². The van der Waals surface area contributed by atoms with E-state index in [1.807, 2.05) is 60.7 Å². The Morgan fingerprint density at radius 3 is 2.52 bits per heavy atom. The molecular weight excluding hydrogens is 336 g/mol. The van der Waals surface area contributed by atoms with E-state index >= 15 is 0 Å². The third-order valence-electron chi connectivity index (χ3n) is 3.33. The van der Waals surface area contributed by atoms with Gasteiger partial charge in [-0.1, -0.05) is 65.4 Å². The molecule has 0 unspecified atom stereocenters. The summed E-state index contributed by atoms with van der Waals surface area (Å²) in [5.74, 6) is 2.15. The lowest BCUT2D eigenvalue weighted by Gasteiger charge is -1.99. The van der Waals surface area contributed by atoms with Crippen molar-refractivity contribution in [3.8, 4) is 11.4 Å². The predicted molar refractivity (Wildman–Crippen MR) is 95.4 cm³/mol. The first-order chi connectivity index (χ1) is 12.4. The Bertz CT molecular complexity index is 938. The first-order valence-corrected chi connectivity index (χ1v) is 8.61. The molecule has 0 saturated heterocycles. The summed E-state index contributed by atoms with van der Waals surface area (Å²) < 4.78 is 5.28. The van der Waals surface area contributed by atoms with Crippen molar-refractivity contribution in [3.05, 3.63) is 66.6 Å². The second kappa shape index (κ2) is 7.18. The Morgan fingerprint density at radius 1 is 0.960 bits per heavy atom. The van der Waals surface area contributed by atoms with Crippen LogP contribution in [0.3, 0.4) is 0 Å². The molecule has 2 heterocycles. The van der Waals surface area contributed by atoms with Crippen LogP contribution in [-0.4, -0.2) is 25.3 Å². The van der Waals surface area contributed by atoms with Crippen molar-refractivity contribution in [2.24, 2.45) is 0 Å². The van der Waals surface area contributed by atoms with Crippen molar-refractivity contribution in [1.29, 1.82) is 0 Å². The molecule has 4 aromatic rings. The van der Waals surface area contributed by atoms with Crippen molar-refractivity contribution >= 4 is 23.4 Å². The van der Waals surface area contributed by atoms with E-state index in [4.69, 9.17) is 4.52 Å². The first-order valence-electron chi connectivity index (χ1n) is 7.62. The van der Waals surface area contributed by atoms with Crippen molar-refractivity contribution in [2.75, 3.05) is 5.32 Å². The van der Waals surface area contributed by atoms with Gasteiger partial charge in [0.05, 0.1) is 5.75 Å². The van der Waals surface area contributed by atoms with Gasteiger partial charge in [-0.3, -0.25) is 5.10 Å². The van der Waals surface area contributed by atoms with Gasteiger partial charge in [0.2, 0.25) is 17.7 Å². The molecular formula is C17H14N6OS. The molecule has 0 radical (unpaired) electrons. The summed E-state index contributed by atoms with van der Waals surface area (Å²) in [6.45, 7) is 0. The molecule has 0 bridgehead atoms. The smallest absolute Gasteiger partial charge is 0.247 e. The molecule has 0 spiro atoms. The zero-order valence-corrected chi connectivity index (χ0v) is 13.9. The summed E-state index contributed by atoms with van der Waals surface area (Å²) in [4.78, 5) is 8.77. The van der Waals surface area contributed by atoms with E-state index in [0.29, 0.717) is 28.6 Å². The molecule has 0 aliphatic carbocycles. The Kier molecular flexibility index (Phi) is 4.42. The number of H-pyrrole nitrogens is 1. The van der Waals surface area contributed by atoms with E-state index in [0.717, 1.165) is 11.3 Å². The third kappa shape index (κ3) is 3.86. The number of benzene rings is 2. The zero-order valence-electron chi connectivity index (χ0n) is 13.1. The van der Waals surface area contributed by atoms with Gasteiger partial charge in [0, 0.05) is 11.3 Å².